The normalized spacial score (nSPS) is 15.2. The molecule has 128 valence electrons. The first-order valence-electron chi connectivity index (χ1n) is 8.43. The smallest absolute Gasteiger partial charge is 0.251 e. The predicted molar refractivity (Wildman–Crippen MR) is 94.7 cm³/mol. The van der Waals surface area contributed by atoms with Crippen LogP contribution >= 0.6 is 0 Å². The molecule has 1 N–H and O–H groups in total. The molecule has 0 unspecified atom stereocenters. The fraction of sp³-hybridized carbons (Fsp3) is 0.471. The van der Waals surface area contributed by atoms with Gasteiger partial charge in [-0.2, -0.15) is 10.1 Å². The van der Waals surface area contributed by atoms with E-state index in [0.717, 1.165) is 57.4 Å². The summed E-state index contributed by atoms with van der Waals surface area (Å²) in [4.78, 5) is 9.03. The molecule has 3 rings (SSSR count). The number of nitrogens with one attached hydrogen (secondary N) is 1. The number of rotatable bonds is 7. The molecule has 2 aromatic rings. The molecule has 0 radical (unpaired) electrons. The Kier molecular flexibility index (Phi) is 5.92. The minimum atomic E-state index is 0.611. The molecule has 0 bridgehead atoms. The van der Waals surface area contributed by atoms with Crippen LogP contribution in [0, 0.1) is 0 Å². The third-order valence-electron chi connectivity index (χ3n) is 4.01. The quantitative estimate of drug-likeness (QED) is 0.831. The fourth-order valence-corrected chi connectivity index (χ4v) is 2.71. The lowest BCUT2D eigenvalue weighted by Crippen LogP contribution is -2.39. The van der Waals surface area contributed by atoms with E-state index < -0.39 is 0 Å². The van der Waals surface area contributed by atoms with Crippen molar-refractivity contribution >= 4 is 17.5 Å². The minimum Gasteiger partial charge on any atom is -0.379 e. The summed E-state index contributed by atoms with van der Waals surface area (Å²) in [6.45, 7) is 8.29. The van der Waals surface area contributed by atoms with E-state index in [1.807, 2.05) is 35.2 Å². The molecule has 1 fully saturated rings. The fourth-order valence-electron chi connectivity index (χ4n) is 2.71. The first kappa shape index (κ1) is 16.6. The van der Waals surface area contributed by atoms with E-state index in [0.29, 0.717) is 5.95 Å². The summed E-state index contributed by atoms with van der Waals surface area (Å²) in [6, 6.07) is 10.1. The molecule has 0 saturated carbocycles. The van der Waals surface area contributed by atoms with Gasteiger partial charge in [-0.3, -0.25) is 4.90 Å². The number of ether oxygens (including phenoxy) is 1. The average Bonchev–Trinajstić information content (AvgIpc) is 2.65. The lowest BCUT2D eigenvalue weighted by molar-refractivity contribution is 0.0398. The van der Waals surface area contributed by atoms with Crippen LogP contribution in [0.15, 0.2) is 36.5 Å². The van der Waals surface area contributed by atoms with Gasteiger partial charge in [0.25, 0.3) is 5.95 Å². The van der Waals surface area contributed by atoms with Crippen LogP contribution in [0.25, 0.3) is 0 Å². The summed E-state index contributed by atoms with van der Waals surface area (Å²) >= 11 is 0. The highest BCUT2D eigenvalue weighted by molar-refractivity contribution is 5.57. The van der Waals surface area contributed by atoms with Crippen molar-refractivity contribution in [3.05, 3.63) is 36.5 Å². The van der Waals surface area contributed by atoms with Crippen LogP contribution in [0.4, 0.5) is 17.5 Å². The van der Waals surface area contributed by atoms with Crippen molar-refractivity contribution in [1.29, 1.82) is 0 Å². The van der Waals surface area contributed by atoms with E-state index in [2.05, 4.69) is 32.3 Å². The molecule has 7 heteroatoms. The molecule has 7 nitrogen and oxygen atoms in total. The maximum Gasteiger partial charge on any atom is 0.251 e. The average molecular weight is 328 g/mol. The first-order valence-corrected chi connectivity index (χ1v) is 8.43. The van der Waals surface area contributed by atoms with Crippen molar-refractivity contribution in [2.75, 3.05) is 56.2 Å². The van der Waals surface area contributed by atoms with Crippen LogP contribution in [0.1, 0.15) is 6.92 Å². The van der Waals surface area contributed by atoms with E-state index >= 15 is 0 Å². The van der Waals surface area contributed by atoms with Crippen molar-refractivity contribution in [2.24, 2.45) is 0 Å². The molecule has 24 heavy (non-hydrogen) atoms. The number of nitrogens with zero attached hydrogens (tertiary/aromatic N) is 5. The highest BCUT2D eigenvalue weighted by atomic mass is 16.5. The van der Waals surface area contributed by atoms with Gasteiger partial charge in [0.05, 0.1) is 19.4 Å². The summed E-state index contributed by atoms with van der Waals surface area (Å²) in [7, 11) is 0. The predicted octanol–water partition coefficient (Wildman–Crippen LogP) is 1.77. The number of benzene rings is 1. The van der Waals surface area contributed by atoms with Gasteiger partial charge in [0.1, 0.15) is 0 Å². The third-order valence-corrected chi connectivity index (χ3v) is 4.01. The molecular formula is C17H24N6O. The maximum atomic E-state index is 5.36. The number of anilines is 3. The van der Waals surface area contributed by atoms with Gasteiger partial charge in [0.15, 0.2) is 5.82 Å². The molecule has 1 aliphatic rings. The molecule has 1 aromatic heterocycles. The van der Waals surface area contributed by atoms with Crippen LogP contribution in [-0.2, 0) is 4.74 Å². The van der Waals surface area contributed by atoms with Crippen LogP contribution in [0.2, 0.25) is 0 Å². The largest absolute Gasteiger partial charge is 0.379 e. The first-order chi connectivity index (χ1) is 11.9. The molecule has 2 heterocycles. The zero-order chi connectivity index (χ0) is 16.6. The third kappa shape index (κ3) is 4.39. The van der Waals surface area contributed by atoms with Gasteiger partial charge in [-0.15, -0.1) is 5.10 Å². The SMILES string of the molecule is CCN(c1ccccc1)c1nncc(NCCN2CCOCC2)n1. The van der Waals surface area contributed by atoms with Gasteiger partial charge in [0.2, 0.25) is 0 Å². The van der Waals surface area contributed by atoms with Crippen molar-refractivity contribution in [3.63, 3.8) is 0 Å². The van der Waals surface area contributed by atoms with Crippen molar-refractivity contribution in [1.82, 2.24) is 20.1 Å². The monoisotopic (exact) mass is 328 g/mol. The molecule has 0 spiro atoms. The Bertz CT molecular complexity index is 617. The van der Waals surface area contributed by atoms with Crippen molar-refractivity contribution < 1.29 is 4.74 Å². The Balaban J connectivity index is 1.60. The molecule has 1 saturated heterocycles. The number of aromatic nitrogens is 3. The van der Waals surface area contributed by atoms with Crippen LogP contribution < -0.4 is 10.2 Å². The van der Waals surface area contributed by atoms with E-state index in [1.165, 1.54) is 0 Å². The van der Waals surface area contributed by atoms with Gasteiger partial charge in [-0.05, 0) is 19.1 Å². The van der Waals surface area contributed by atoms with Gasteiger partial charge in [-0.1, -0.05) is 18.2 Å². The molecule has 0 aliphatic carbocycles. The molecule has 1 aromatic carbocycles. The zero-order valence-corrected chi connectivity index (χ0v) is 14.1. The lowest BCUT2D eigenvalue weighted by atomic mass is 10.3. The lowest BCUT2D eigenvalue weighted by Gasteiger charge is -2.26. The number of para-hydroxylation sites is 1. The standard InChI is InChI=1S/C17H24N6O/c1-2-23(15-6-4-3-5-7-15)17-20-16(14-19-21-17)18-8-9-22-10-12-24-13-11-22/h3-7,14H,2,8-13H2,1H3,(H,18,20,21). The van der Waals surface area contributed by atoms with Crippen LogP contribution in [0.3, 0.4) is 0 Å². The Morgan fingerprint density at radius 3 is 2.75 bits per heavy atom. The van der Waals surface area contributed by atoms with Crippen molar-refractivity contribution in [2.45, 2.75) is 6.92 Å². The van der Waals surface area contributed by atoms with Gasteiger partial charge >= 0.3 is 0 Å². The second-order valence-electron chi connectivity index (χ2n) is 5.60. The van der Waals surface area contributed by atoms with Gasteiger partial charge in [-0.25, -0.2) is 0 Å². The summed E-state index contributed by atoms with van der Waals surface area (Å²) in [6.07, 6.45) is 1.67. The Labute approximate surface area is 142 Å². The van der Waals surface area contributed by atoms with Gasteiger partial charge in [0, 0.05) is 38.4 Å². The number of hydrogen-bond acceptors (Lipinski definition) is 7. The molecular weight excluding hydrogens is 304 g/mol. The summed E-state index contributed by atoms with van der Waals surface area (Å²) in [5, 5.41) is 11.6. The Morgan fingerprint density at radius 2 is 2.00 bits per heavy atom. The van der Waals surface area contributed by atoms with E-state index in [1.54, 1.807) is 6.20 Å². The Morgan fingerprint density at radius 1 is 1.21 bits per heavy atom. The number of hydrogen-bond donors (Lipinski definition) is 1. The van der Waals surface area contributed by atoms with Crippen LogP contribution in [0.5, 0.6) is 0 Å². The topological polar surface area (TPSA) is 66.4 Å². The van der Waals surface area contributed by atoms with Crippen LogP contribution in [-0.4, -0.2) is 66.0 Å². The highest BCUT2D eigenvalue weighted by Crippen LogP contribution is 2.21. The summed E-state index contributed by atoms with van der Waals surface area (Å²) in [5.74, 6) is 1.36. The van der Waals surface area contributed by atoms with E-state index in [9.17, 15) is 0 Å². The van der Waals surface area contributed by atoms with Crippen molar-refractivity contribution in [3.8, 4) is 0 Å². The number of morpholine rings is 1. The molecule has 0 amide bonds. The second-order valence-corrected chi connectivity index (χ2v) is 5.60. The maximum absolute atomic E-state index is 5.36. The van der Waals surface area contributed by atoms with Gasteiger partial charge < -0.3 is 15.0 Å². The summed E-state index contributed by atoms with van der Waals surface area (Å²) in [5.41, 5.74) is 1.06. The summed E-state index contributed by atoms with van der Waals surface area (Å²) < 4.78 is 5.36. The Hall–Kier alpha value is -2.25. The highest BCUT2D eigenvalue weighted by Gasteiger charge is 2.12. The molecule has 0 atom stereocenters. The second kappa shape index (κ2) is 8.56. The van der Waals surface area contributed by atoms with E-state index in [-0.39, 0.29) is 0 Å². The minimum absolute atomic E-state index is 0.611. The zero-order valence-electron chi connectivity index (χ0n) is 14.1. The van der Waals surface area contributed by atoms with E-state index in [4.69, 9.17) is 4.74 Å². The molecule has 1 aliphatic heterocycles.